The lowest BCUT2D eigenvalue weighted by atomic mass is 9.95. The minimum Gasteiger partial charge on any atom is -0.386 e. The van der Waals surface area contributed by atoms with Gasteiger partial charge in [-0.1, -0.05) is 19.3 Å². The van der Waals surface area contributed by atoms with E-state index in [0.717, 1.165) is 12.1 Å². The molecule has 94 valence electrons. The zero-order chi connectivity index (χ0) is 11.4. The molecule has 2 aliphatic rings. The molecular weight excluding hydrogens is 218 g/mol. The second-order valence-electron chi connectivity index (χ2n) is 5.06. The third kappa shape index (κ3) is 2.35. The third-order valence-corrected chi connectivity index (χ3v) is 7.96. The van der Waals surface area contributed by atoms with Crippen LogP contribution in [0.5, 0.6) is 0 Å². The van der Waals surface area contributed by atoms with Crippen LogP contribution < -0.4 is 0 Å². The molecule has 1 heterocycles. The van der Waals surface area contributed by atoms with E-state index in [9.17, 15) is 0 Å². The molecule has 2 fully saturated rings. The highest BCUT2D eigenvalue weighted by atomic mass is 28.4. The van der Waals surface area contributed by atoms with E-state index < -0.39 is 8.72 Å². The van der Waals surface area contributed by atoms with Gasteiger partial charge in [0, 0.05) is 26.3 Å². The molecule has 1 saturated carbocycles. The van der Waals surface area contributed by atoms with Gasteiger partial charge in [-0.3, -0.25) is 4.57 Å². The van der Waals surface area contributed by atoms with Gasteiger partial charge in [0.2, 0.25) is 0 Å². The molecule has 1 aliphatic heterocycles. The van der Waals surface area contributed by atoms with Crippen molar-refractivity contribution in [2.75, 3.05) is 20.8 Å². The van der Waals surface area contributed by atoms with Crippen molar-refractivity contribution in [1.29, 1.82) is 0 Å². The van der Waals surface area contributed by atoms with Crippen LogP contribution in [0.15, 0.2) is 0 Å². The summed E-state index contributed by atoms with van der Waals surface area (Å²) in [6.45, 7) is 1.19. The molecule has 0 aromatic heterocycles. The monoisotopic (exact) mass is 243 g/mol. The Bertz CT molecular complexity index is 215. The molecule has 0 aromatic rings. The maximum absolute atomic E-state index is 5.84. The molecule has 0 N–H and O–H groups in total. The number of rotatable bonds is 3. The molecule has 0 bridgehead atoms. The Balaban J connectivity index is 2.08. The Morgan fingerprint density at radius 1 is 0.938 bits per heavy atom. The molecule has 0 atom stereocenters. The summed E-state index contributed by atoms with van der Waals surface area (Å²) in [6, 6.07) is 1.89. The summed E-state index contributed by atoms with van der Waals surface area (Å²) in [5.74, 6) is 0. The van der Waals surface area contributed by atoms with Gasteiger partial charge < -0.3 is 8.85 Å². The first-order chi connectivity index (χ1) is 7.82. The molecule has 0 spiro atoms. The highest BCUT2D eigenvalue weighted by Gasteiger charge is 2.48. The summed E-state index contributed by atoms with van der Waals surface area (Å²) in [5.41, 5.74) is 0. The van der Waals surface area contributed by atoms with Crippen LogP contribution in [-0.2, 0) is 8.85 Å². The van der Waals surface area contributed by atoms with Crippen LogP contribution >= 0.6 is 0 Å². The Morgan fingerprint density at radius 3 is 2.25 bits per heavy atom. The highest BCUT2D eigenvalue weighted by molar-refractivity contribution is 6.64. The summed E-state index contributed by atoms with van der Waals surface area (Å²) in [5, 5.41) is 0. The average Bonchev–Trinajstić information content (AvgIpc) is 2.39. The van der Waals surface area contributed by atoms with Crippen LogP contribution in [0, 0.1) is 0 Å². The predicted octanol–water partition coefficient (Wildman–Crippen LogP) is 2.65. The zero-order valence-corrected chi connectivity index (χ0v) is 11.7. The van der Waals surface area contributed by atoms with E-state index in [0.29, 0.717) is 0 Å². The quantitative estimate of drug-likeness (QED) is 0.711. The van der Waals surface area contributed by atoms with Gasteiger partial charge >= 0.3 is 8.72 Å². The maximum Gasteiger partial charge on any atom is 0.427 e. The van der Waals surface area contributed by atoms with Crippen molar-refractivity contribution in [3.63, 3.8) is 0 Å². The zero-order valence-electron chi connectivity index (χ0n) is 10.7. The van der Waals surface area contributed by atoms with Gasteiger partial charge in [-0.15, -0.1) is 0 Å². The molecule has 0 amide bonds. The SMILES string of the molecule is CO[Si]1(OC)CCCCN1C1CCCCC1. The highest BCUT2D eigenvalue weighted by Crippen LogP contribution is 2.33. The first kappa shape index (κ1) is 12.6. The molecule has 16 heavy (non-hydrogen) atoms. The first-order valence-electron chi connectivity index (χ1n) is 6.69. The summed E-state index contributed by atoms with van der Waals surface area (Å²) < 4.78 is 14.3. The first-order valence-corrected chi connectivity index (χ1v) is 8.66. The van der Waals surface area contributed by atoms with E-state index in [2.05, 4.69) is 4.57 Å². The van der Waals surface area contributed by atoms with Gasteiger partial charge in [0.05, 0.1) is 0 Å². The van der Waals surface area contributed by atoms with Crippen LogP contribution in [0.1, 0.15) is 44.9 Å². The van der Waals surface area contributed by atoms with Gasteiger partial charge in [-0.25, -0.2) is 0 Å². The maximum atomic E-state index is 5.84. The summed E-state index contributed by atoms with van der Waals surface area (Å²) in [6.07, 6.45) is 9.48. The van der Waals surface area contributed by atoms with Crippen molar-refractivity contribution in [3.05, 3.63) is 0 Å². The standard InChI is InChI=1S/C12H25NO2Si/c1-14-16(15-2)11-7-6-10-13(16)12-8-4-3-5-9-12/h12H,3-11H2,1-2H3. The van der Waals surface area contributed by atoms with Gasteiger partial charge in [-0.05, 0) is 32.2 Å². The number of hydrogen-bond donors (Lipinski definition) is 0. The lowest BCUT2D eigenvalue weighted by Crippen LogP contribution is -2.63. The molecule has 1 aliphatic carbocycles. The van der Waals surface area contributed by atoms with E-state index in [-0.39, 0.29) is 0 Å². The van der Waals surface area contributed by atoms with Crippen LogP contribution in [-0.4, -0.2) is 40.1 Å². The van der Waals surface area contributed by atoms with Crippen molar-refractivity contribution < 1.29 is 8.85 Å². The lowest BCUT2D eigenvalue weighted by molar-refractivity contribution is 0.105. The van der Waals surface area contributed by atoms with Crippen LogP contribution in [0.2, 0.25) is 6.04 Å². The molecule has 4 heteroatoms. The molecule has 3 nitrogen and oxygen atoms in total. The predicted molar refractivity (Wildman–Crippen MR) is 67.4 cm³/mol. The Morgan fingerprint density at radius 2 is 1.62 bits per heavy atom. The molecule has 1 saturated heterocycles. The normalized spacial score (nSPS) is 28.1. The smallest absolute Gasteiger partial charge is 0.386 e. The van der Waals surface area contributed by atoms with Gasteiger partial charge in [0.25, 0.3) is 0 Å². The van der Waals surface area contributed by atoms with Crippen molar-refractivity contribution >= 4 is 8.72 Å². The fourth-order valence-electron chi connectivity index (χ4n) is 3.32. The van der Waals surface area contributed by atoms with Crippen molar-refractivity contribution in [1.82, 2.24) is 4.57 Å². The second kappa shape index (κ2) is 5.62. The van der Waals surface area contributed by atoms with E-state index in [4.69, 9.17) is 8.85 Å². The minimum absolute atomic E-state index is 0.737. The number of nitrogens with zero attached hydrogens (tertiary/aromatic N) is 1. The van der Waals surface area contributed by atoms with Gasteiger partial charge in [-0.2, -0.15) is 0 Å². The van der Waals surface area contributed by atoms with Crippen molar-refractivity contribution in [2.45, 2.75) is 57.0 Å². The summed E-state index contributed by atoms with van der Waals surface area (Å²) in [7, 11) is 1.67. The van der Waals surface area contributed by atoms with Gasteiger partial charge in [0.15, 0.2) is 0 Å². The second-order valence-corrected chi connectivity index (χ2v) is 8.38. The summed E-state index contributed by atoms with van der Waals surface area (Å²) >= 11 is 0. The third-order valence-electron chi connectivity index (χ3n) is 4.23. The topological polar surface area (TPSA) is 21.7 Å². The molecule has 2 rings (SSSR count). The van der Waals surface area contributed by atoms with Crippen LogP contribution in [0.25, 0.3) is 0 Å². The molecular formula is C12H25NO2Si. The fourth-order valence-corrected chi connectivity index (χ4v) is 6.66. The Hall–Kier alpha value is 0.0969. The molecule has 0 unspecified atom stereocenters. The van der Waals surface area contributed by atoms with E-state index in [1.165, 1.54) is 51.5 Å². The van der Waals surface area contributed by atoms with Crippen LogP contribution in [0.4, 0.5) is 0 Å². The minimum atomic E-state index is -2.01. The molecule has 0 radical (unpaired) electrons. The van der Waals surface area contributed by atoms with E-state index >= 15 is 0 Å². The van der Waals surface area contributed by atoms with E-state index in [1.807, 2.05) is 14.2 Å². The van der Waals surface area contributed by atoms with Crippen molar-refractivity contribution in [2.24, 2.45) is 0 Å². The van der Waals surface area contributed by atoms with Crippen molar-refractivity contribution in [3.8, 4) is 0 Å². The average molecular weight is 243 g/mol. The molecule has 0 aromatic carbocycles. The van der Waals surface area contributed by atoms with Crippen LogP contribution in [0.3, 0.4) is 0 Å². The fraction of sp³-hybridized carbons (Fsp3) is 1.00. The largest absolute Gasteiger partial charge is 0.427 e. The number of hydrogen-bond acceptors (Lipinski definition) is 3. The summed E-state index contributed by atoms with van der Waals surface area (Å²) in [4.78, 5) is 0. The van der Waals surface area contributed by atoms with Gasteiger partial charge in [0.1, 0.15) is 0 Å². The Kier molecular flexibility index (Phi) is 4.41. The van der Waals surface area contributed by atoms with E-state index in [1.54, 1.807) is 0 Å². The Labute approximate surface area is 100 Å². The lowest BCUT2D eigenvalue weighted by Gasteiger charge is -2.46.